The van der Waals surface area contributed by atoms with E-state index in [0.717, 1.165) is 18.7 Å². The molecule has 2 heterocycles. The minimum Gasteiger partial charge on any atom is -0.511 e. The summed E-state index contributed by atoms with van der Waals surface area (Å²) in [5.41, 5.74) is 2.95. The van der Waals surface area contributed by atoms with Crippen LogP contribution in [0.4, 0.5) is 0 Å². The van der Waals surface area contributed by atoms with Crippen LogP contribution in [-0.2, 0) is 11.2 Å². The molecule has 0 radical (unpaired) electrons. The second-order valence-electron chi connectivity index (χ2n) is 6.85. The summed E-state index contributed by atoms with van der Waals surface area (Å²) in [7, 11) is 0. The minimum absolute atomic E-state index is 0.0871. The summed E-state index contributed by atoms with van der Waals surface area (Å²) >= 11 is 0. The van der Waals surface area contributed by atoms with E-state index >= 15 is 0 Å². The number of rotatable bonds is 4. The van der Waals surface area contributed by atoms with Crippen LogP contribution >= 0.6 is 0 Å². The molecule has 0 saturated carbocycles. The molecule has 1 aromatic heterocycles. The van der Waals surface area contributed by atoms with Gasteiger partial charge in [0.2, 0.25) is 0 Å². The van der Waals surface area contributed by atoms with Gasteiger partial charge in [0.1, 0.15) is 11.5 Å². The first-order chi connectivity index (χ1) is 12.7. The molecule has 134 valence electrons. The van der Waals surface area contributed by atoms with Crippen LogP contribution in [0, 0.1) is 0 Å². The molecule has 1 unspecified atom stereocenters. The molecule has 1 aromatic carbocycles. The maximum absolute atomic E-state index is 12.4. The van der Waals surface area contributed by atoms with E-state index in [1.54, 1.807) is 12.3 Å². The number of carbonyl (C=O) groups is 1. The molecule has 2 atom stereocenters. The molecule has 1 aliphatic heterocycles. The molecule has 5 nitrogen and oxygen atoms in total. The Labute approximate surface area is 152 Å². The number of aliphatic imine (C=N–C) groups is 1. The van der Waals surface area contributed by atoms with E-state index in [1.807, 2.05) is 12.1 Å². The van der Waals surface area contributed by atoms with Gasteiger partial charge in [0.15, 0.2) is 5.78 Å². The lowest BCUT2D eigenvalue weighted by Crippen LogP contribution is -2.31. The lowest BCUT2D eigenvalue weighted by molar-refractivity contribution is -0.116. The van der Waals surface area contributed by atoms with Gasteiger partial charge in [-0.25, -0.2) is 0 Å². The molecule has 4 rings (SSSR count). The summed E-state index contributed by atoms with van der Waals surface area (Å²) in [5.74, 6) is 0.657. The number of fused-ring (bicyclic) bond motifs is 1. The Morgan fingerprint density at radius 2 is 2.12 bits per heavy atom. The smallest absolute Gasteiger partial charge is 0.168 e. The Hall–Kier alpha value is -2.66. The van der Waals surface area contributed by atoms with E-state index in [0.29, 0.717) is 25.0 Å². The van der Waals surface area contributed by atoms with Crippen LogP contribution in [0.3, 0.4) is 0 Å². The van der Waals surface area contributed by atoms with Crippen LogP contribution in [0.1, 0.15) is 41.7 Å². The second kappa shape index (κ2) is 7.30. The Balaban J connectivity index is 1.46. The van der Waals surface area contributed by atoms with Crippen LogP contribution in [0.5, 0.6) is 0 Å². The highest BCUT2D eigenvalue weighted by Gasteiger charge is 2.29. The molecule has 0 fully saturated rings. The van der Waals surface area contributed by atoms with Crippen molar-refractivity contribution in [3.05, 3.63) is 70.9 Å². The number of furan rings is 1. The Kier molecular flexibility index (Phi) is 4.71. The second-order valence-corrected chi connectivity index (χ2v) is 6.85. The van der Waals surface area contributed by atoms with Crippen molar-refractivity contribution in [1.29, 1.82) is 0 Å². The van der Waals surface area contributed by atoms with Gasteiger partial charge < -0.3 is 14.8 Å². The highest BCUT2D eigenvalue weighted by molar-refractivity contribution is 6.14. The molecular formula is C21H22N2O3. The Morgan fingerprint density at radius 3 is 2.92 bits per heavy atom. The van der Waals surface area contributed by atoms with Gasteiger partial charge in [-0.1, -0.05) is 24.3 Å². The first-order valence-electron chi connectivity index (χ1n) is 9.02. The Morgan fingerprint density at radius 1 is 1.23 bits per heavy atom. The van der Waals surface area contributed by atoms with Gasteiger partial charge in [0.25, 0.3) is 0 Å². The largest absolute Gasteiger partial charge is 0.511 e. The average Bonchev–Trinajstić information content (AvgIpc) is 3.19. The number of Topliss-reactive ketones (excluding diaryl/α,β-unsaturated/α-hetero) is 1. The van der Waals surface area contributed by atoms with Crippen molar-refractivity contribution in [2.45, 2.75) is 31.2 Å². The van der Waals surface area contributed by atoms with Gasteiger partial charge in [-0.3, -0.25) is 9.79 Å². The van der Waals surface area contributed by atoms with Crippen LogP contribution < -0.4 is 5.32 Å². The van der Waals surface area contributed by atoms with Crippen molar-refractivity contribution in [2.75, 3.05) is 13.1 Å². The Bertz CT molecular complexity index is 852. The lowest BCUT2D eigenvalue weighted by Gasteiger charge is -2.25. The molecular weight excluding hydrogens is 328 g/mol. The summed E-state index contributed by atoms with van der Waals surface area (Å²) in [6.45, 7) is 1.47. The van der Waals surface area contributed by atoms with Gasteiger partial charge in [-0.15, -0.1) is 0 Å². The monoisotopic (exact) mass is 350 g/mol. The van der Waals surface area contributed by atoms with Crippen molar-refractivity contribution >= 4 is 12.0 Å². The number of aliphatic hydroxyl groups is 1. The predicted octanol–water partition coefficient (Wildman–Crippen LogP) is 3.50. The lowest BCUT2D eigenvalue weighted by atomic mass is 9.86. The zero-order chi connectivity index (χ0) is 17.9. The standard InChI is InChI=1S/C21H22N2O3/c24-19-10-15(21-6-3-9-26-21)11-20(25)17(19)12-22-13-18-16-5-2-1-4-14(16)7-8-23-18/h1-6,9,12,15,18,23-24H,7-8,10-11,13H2/t15?,18-/m1/s1. The van der Waals surface area contributed by atoms with Crippen LogP contribution in [-0.4, -0.2) is 30.2 Å². The fraction of sp³-hybridized carbons (Fsp3) is 0.333. The number of allylic oxidation sites excluding steroid dienone is 2. The van der Waals surface area contributed by atoms with E-state index < -0.39 is 0 Å². The fourth-order valence-corrected chi connectivity index (χ4v) is 3.79. The fourth-order valence-electron chi connectivity index (χ4n) is 3.79. The van der Waals surface area contributed by atoms with Crippen LogP contribution in [0.25, 0.3) is 0 Å². The summed E-state index contributed by atoms with van der Waals surface area (Å²) in [4.78, 5) is 16.9. The molecule has 1 aliphatic carbocycles. The van der Waals surface area contributed by atoms with Gasteiger partial charge in [0, 0.05) is 25.0 Å². The summed E-state index contributed by atoms with van der Waals surface area (Å²) in [6, 6.07) is 12.2. The molecule has 0 bridgehead atoms. The zero-order valence-corrected chi connectivity index (χ0v) is 14.5. The van der Waals surface area contributed by atoms with Gasteiger partial charge >= 0.3 is 0 Å². The number of nitrogens with zero attached hydrogens (tertiary/aromatic N) is 1. The summed E-state index contributed by atoms with van der Waals surface area (Å²) < 4.78 is 5.37. The quantitative estimate of drug-likeness (QED) is 0.828. The first-order valence-corrected chi connectivity index (χ1v) is 9.02. The number of nitrogens with one attached hydrogen (secondary N) is 1. The van der Waals surface area contributed by atoms with Gasteiger partial charge in [0.05, 0.1) is 24.4 Å². The molecule has 2 aliphatic rings. The molecule has 0 spiro atoms. The molecule has 2 aromatic rings. The number of hydrogen-bond acceptors (Lipinski definition) is 5. The van der Waals surface area contributed by atoms with Gasteiger partial charge in [-0.05, 0) is 36.2 Å². The number of benzene rings is 1. The molecule has 2 N–H and O–H groups in total. The summed E-state index contributed by atoms with van der Waals surface area (Å²) in [6.07, 6.45) is 4.89. The van der Waals surface area contributed by atoms with Crippen molar-refractivity contribution in [1.82, 2.24) is 5.32 Å². The maximum Gasteiger partial charge on any atom is 0.168 e. The van der Waals surface area contributed by atoms with Crippen molar-refractivity contribution in [3.8, 4) is 0 Å². The van der Waals surface area contributed by atoms with Gasteiger partial charge in [-0.2, -0.15) is 0 Å². The van der Waals surface area contributed by atoms with Crippen molar-refractivity contribution in [3.63, 3.8) is 0 Å². The van der Waals surface area contributed by atoms with E-state index in [-0.39, 0.29) is 23.5 Å². The maximum atomic E-state index is 12.4. The number of carbonyl (C=O) groups excluding carboxylic acids is 1. The number of ketones is 1. The normalized spacial score (nSPS) is 23.5. The predicted molar refractivity (Wildman–Crippen MR) is 99.6 cm³/mol. The molecule has 0 saturated heterocycles. The third kappa shape index (κ3) is 3.35. The average molecular weight is 350 g/mol. The third-order valence-electron chi connectivity index (χ3n) is 5.15. The van der Waals surface area contributed by atoms with Crippen molar-refractivity contribution in [2.24, 2.45) is 4.99 Å². The molecule has 0 amide bonds. The van der Waals surface area contributed by atoms with E-state index in [1.165, 1.54) is 17.3 Å². The minimum atomic E-state index is -0.0958. The van der Waals surface area contributed by atoms with Crippen LogP contribution in [0.2, 0.25) is 0 Å². The van der Waals surface area contributed by atoms with E-state index in [2.05, 4.69) is 28.5 Å². The first kappa shape index (κ1) is 16.8. The SMILES string of the molecule is O=C1CC(c2ccco2)CC(O)=C1C=NC[C@H]1NCCc2ccccc21. The number of hydrogen-bond donors (Lipinski definition) is 2. The van der Waals surface area contributed by atoms with E-state index in [4.69, 9.17) is 4.42 Å². The van der Waals surface area contributed by atoms with Crippen LogP contribution in [0.15, 0.2) is 63.4 Å². The van der Waals surface area contributed by atoms with E-state index in [9.17, 15) is 9.90 Å². The highest BCUT2D eigenvalue weighted by Crippen LogP contribution is 2.33. The zero-order valence-electron chi connectivity index (χ0n) is 14.5. The topological polar surface area (TPSA) is 74.8 Å². The third-order valence-corrected chi connectivity index (χ3v) is 5.15. The molecule has 5 heteroatoms. The highest BCUT2D eigenvalue weighted by atomic mass is 16.3. The molecule has 26 heavy (non-hydrogen) atoms. The summed E-state index contributed by atoms with van der Waals surface area (Å²) in [5, 5.41) is 13.8. The van der Waals surface area contributed by atoms with Crippen molar-refractivity contribution < 1.29 is 14.3 Å². The number of aliphatic hydroxyl groups excluding tert-OH is 1.